The molecule has 3 N–H and O–H groups in total. The van der Waals surface area contributed by atoms with Crippen molar-refractivity contribution >= 4 is 5.91 Å². The van der Waals surface area contributed by atoms with Crippen LogP contribution in [0.15, 0.2) is 0 Å². The molecule has 0 radical (unpaired) electrons. The van der Waals surface area contributed by atoms with Crippen LogP contribution in [0.3, 0.4) is 0 Å². The molecule has 0 aliphatic carbocycles. The first-order valence-electron chi connectivity index (χ1n) is 4.30. The maximum Gasteiger partial charge on any atom is 0.231 e. The lowest BCUT2D eigenvalue weighted by Gasteiger charge is -2.34. The minimum atomic E-state index is -0.323. The summed E-state index contributed by atoms with van der Waals surface area (Å²) in [5.41, 5.74) is 5.07. The van der Waals surface area contributed by atoms with Crippen LogP contribution in [0.2, 0.25) is 0 Å². The summed E-state index contributed by atoms with van der Waals surface area (Å²) in [4.78, 5) is 12.5. The SMILES string of the molecule is C[C@@H]1CC[C@@H](O)CN1CC(N)=O. The number of likely N-dealkylation sites (tertiary alicyclic amines) is 1. The number of nitrogens with zero attached hydrogens (tertiary/aromatic N) is 1. The maximum atomic E-state index is 10.6. The molecule has 0 aromatic heterocycles. The fourth-order valence-corrected chi connectivity index (χ4v) is 1.58. The third-order valence-electron chi connectivity index (χ3n) is 2.35. The highest BCUT2D eigenvalue weighted by atomic mass is 16.3. The number of nitrogens with two attached hydrogens (primary N) is 1. The van der Waals surface area contributed by atoms with Crippen molar-refractivity contribution in [1.29, 1.82) is 0 Å². The summed E-state index contributed by atoms with van der Waals surface area (Å²) in [5, 5.41) is 9.32. The van der Waals surface area contributed by atoms with Crippen molar-refractivity contribution in [3.63, 3.8) is 0 Å². The summed E-state index contributed by atoms with van der Waals surface area (Å²) < 4.78 is 0. The second-order valence-corrected chi connectivity index (χ2v) is 3.48. The van der Waals surface area contributed by atoms with Gasteiger partial charge in [0.25, 0.3) is 0 Å². The normalized spacial score (nSPS) is 31.8. The van der Waals surface area contributed by atoms with Crippen LogP contribution in [0.5, 0.6) is 0 Å². The van der Waals surface area contributed by atoms with Crippen LogP contribution in [0.4, 0.5) is 0 Å². The Labute approximate surface area is 72.3 Å². The van der Waals surface area contributed by atoms with Gasteiger partial charge in [0.2, 0.25) is 5.91 Å². The van der Waals surface area contributed by atoms with Crippen molar-refractivity contribution in [2.45, 2.75) is 31.9 Å². The smallest absolute Gasteiger partial charge is 0.231 e. The van der Waals surface area contributed by atoms with Gasteiger partial charge in [0, 0.05) is 12.6 Å². The van der Waals surface area contributed by atoms with Crippen molar-refractivity contribution < 1.29 is 9.90 Å². The second-order valence-electron chi connectivity index (χ2n) is 3.48. The van der Waals surface area contributed by atoms with Gasteiger partial charge < -0.3 is 10.8 Å². The summed E-state index contributed by atoms with van der Waals surface area (Å²) in [7, 11) is 0. The third kappa shape index (κ3) is 2.46. The van der Waals surface area contributed by atoms with Crippen LogP contribution < -0.4 is 5.73 Å². The molecule has 0 unspecified atom stereocenters. The Kier molecular flexibility index (Phi) is 3.05. The number of piperidine rings is 1. The predicted octanol–water partition coefficient (Wildman–Crippen LogP) is -0.683. The van der Waals surface area contributed by atoms with Crippen LogP contribution in [-0.2, 0) is 4.79 Å². The highest BCUT2D eigenvalue weighted by Gasteiger charge is 2.24. The summed E-state index contributed by atoms with van der Waals surface area (Å²) in [6.07, 6.45) is 1.48. The zero-order chi connectivity index (χ0) is 9.14. The van der Waals surface area contributed by atoms with Gasteiger partial charge in [0.15, 0.2) is 0 Å². The van der Waals surface area contributed by atoms with Crippen molar-refractivity contribution in [3.8, 4) is 0 Å². The van der Waals surface area contributed by atoms with E-state index in [9.17, 15) is 9.90 Å². The second kappa shape index (κ2) is 3.87. The summed E-state index contributed by atoms with van der Waals surface area (Å²) >= 11 is 0. The molecule has 0 aromatic carbocycles. The molecule has 12 heavy (non-hydrogen) atoms. The average Bonchev–Trinajstić information content (AvgIpc) is 1.96. The van der Waals surface area contributed by atoms with Gasteiger partial charge in [-0.25, -0.2) is 0 Å². The Morgan fingerprint density at radius 1 is 1.67 bits per heavy atom. The Hall–Kier alpha value is -0.610. The molecule has 4 nitrogen and oxygen atoms in total. The first-order valence-corrected chi connectivity index (χ1v) is 4.30. The molecular formula is C8H16N2O2. The van der Waals surface area contributed by atoms with Crippen LogP contribution in [0, 0.1) is 0 Å². The number of carbonyl (C=O) groups excluding carboxylic acids is 1. The van der Waals surface area contributed by atoms with E-state index >= 15 is 0 Å². The lowest BCUT2D eigenvalue weighted by Crippen LogP contribution is -2.47. The van der Waals surface area contributed by atoms with Gasteiger partial charge in [0.1, 0.15) is 0 Å². The topological polar surface area (TPSA) is 66.6 Å². The van der Waals surface area contributed by atoms with Crippen LogP contribution in [0.1, 0.15) is 19.8 Å². The molecule has 1 saturated heterocycles. The molecular weight excluding hydrogens is 156 g/mol. The molecule has 0 saturated carbocycles. The van der Waals surface area contributed by atoms with E-state index in [1.54, 1.807) is 0 Å². The van der Waals surface area contributed by atoms with E-state index in [1.807, 2.05) is 4.90 Å². The molecule has 1 aliphatic rings. The Morgan fingerprint density at radius 2 is 2.33 bits per heavy atom. The highest BCUT2D eigenvalue weighted by Crippen LogP contribution is 2.15. The molecule has 70 valence electrons. The summed E-state index contributed by atoms with van der Waals surface area (Å²) in [5.74, 6) is -0.323. The fraction of sp³-hybridized carbons (Fsp3) is 0.875. The van der Waals surface area contributed by atoms with Crippen molar-refractivity contribution in [3.05, 3.63) is 0 Å². The van der Waals surface area contributed by atoms with Gasteiger partial charge in [-0.3, -0.25) is 9.69 Å². The van der Waals surface area contributed by atoms with Gasteiger partial charge in [-0.05, 0) is 19.8 Å². The quantitative estimate of drug-likeness (QED) is 0.580. The Morgan fingerprint density at radius 3 is 2.92 bits per heavy atom. The first-order chi connectivity index (χ1) is 5.59. The molecule has 1 rings (SSSR count). The van der Waals surface area contributed by atoms with Crippen molar-refractivity contribution in [1.82, 2.24) is 4.90 Å². The lowest BCUT2D eigenvalue weighted by molar-refractivity contribution is -0.120. The molecule has 4 heteroatoms. The number of rotatable bonds is 2. The largest absolute Gasteiger partial charge is 0.392 e. The van der Waals surface area contributed by atoms with Crippen molar-refractivity contribution in [2.24, 2.45) is 5.73 Å². The number of primary amides is 1. The lowest BCUT2D eigenvalue weighted by atomic mass is 10.0. The first kappa shape index (κ1) is 9.48. The van der Waals surface area contributed by atoms with Gasteiger partial charge in [-0.2, -0.15) is 0 Å². The van der Waals surface area contributed by atoms with E-state index in [4.69, 9.17) is 5.73 Å². The molecule has 0 aromatic rings. The van der Waals surface area contributed by atoms with Gasteiger partial charge in [0.05, 0.1) is 12.6 Å². The molecule has 0 bridgehead atoms. The minimum absolute atomic E-state index is 0.262. The van der Waals surface area contributed by atoms with Crippen LogP contribution in [-0.4, -0.2) is 41.1 Å². The zero-order valence-electron chi connectivity index (χ0n) is 7.36. The summed E-state index contributed by atoms with van der Waals surface area (Å²) in [6, 6.07) is 0.362. The van der Waals surface area contributed by atoms with E-state index in [1.165, 1.54) is 0 Å². The predicted molar refractivity (Wildman–Crippen MR) is 45.5 cm³/mol. The molecule has 1 heterocycles. The maximum absolute atomic E-state index is 10.6. The van der Waals surface area contributed by atoms with E-state index in [-0.39, 0.29) is 18.6 Å². The minimum Gasteiger partial charge on any atom is -0.392 e. The number of carbonyl (C=O) groups is 1. The number of aliphatic hydroxyl groups excluding tert-OH is 1. The van der Waals surface area contributed by atoms with Gasteiger partial charge in [-0.15, -0.1) is 0 Å². The third-order valence-corrected chi connectivity index (χ3v) is 2.35. The van der Waals surface area contributed by atoms with E-state index < -0.39 is 0 Å². The van der Waals surface area contributed by atoms with Crippen molar-refractivity contribution in [2.75, 3.05) is 13.1 Å². The molecule has 1 amide bonds. The van der Waals surface area contributed by atoms with Crippen LogP contribution in [0.25, 0.3) is 0 Å². The molecule has 2 atom stereocenters. The number of amides is 1. The number of hydrogen-bond donors (Lipinski definition) is 2. The van der Waals surface area contributed by atoms with E-state index in [0.29, 0.717) is 12.6 Å². The average molecular weight is 172 g/mol. The van der Waals surface area contributed by atoms with E-state index in [2.05, 4.69) is 6.92 Å². The van der Waals surface area contributed by atoms with E-state index in [0.717, 1.165) is 12.8 Å². The Bertz CT molecular complexity index is 172. The number of hydrogen-bond acceptors (Lipinski definition) is 3. The van der Waals surface area contributed by atoms with Gasteiger partial charge in [-0.1, -0.05) is 0 Å². The molecule has 0 spiro atoms. The molecule has 1 fully saturated rings. The monoisotopic (exact) mass is 172 g/mol. The van der Waals surface area contributed by atoms with Gasteiger partial charge >= 0.3 is 0 Å². The number of aliphatic hydroxyl groups is 1. The van der Waals surface area contributed by atoms with Crippen LogP contribution >= 0.6 is 0 Å². The highest BCUT2D eigenvalue weighted by molar-refractivity contribution is 5.75. The fourth-order valence-electron chi connectivity index (χ4n) is 1.58. The number of β-amino-alcohol motifs (C(OH)–C–C–N with tert-alkyl or cyclic N) is 1. The standard InChI is InChI=1S/C8H16N2O2/c1-6-2-3-7(11)4-10(6)5-8(9)12/h6-7,11H,2-5H2,1H3,(H2,9,12)/t6-,7-/m1/s1. The molecule has 1 aliphatic heterocycles. The Balaban J connectivity index is 2.43. The summed E-state index contributed by atoms with van der Waals surface area (Å²) in [6.45, 7) is 2.89. The zero-order valence-corrected chi connectivity index (χ0v) is 7.36.